The van der Waals surface area contributed by atoms with Gasteiger partial charge in [-0.15, -0.1) is 0 Å². The molecule has 0 amide bonds. The third-order valence-electron chi connectivity index (χ3n) is 3.93. The van der Waals surface area contributed by atoms with Crippen molar-refractivity contribution in [2.24, 2.45) is 4.99 Å². The van der Waals surface area contributed by atoms with Crippen LogP contribution in [-0.4, -0.2) is 31.8 Å². The van der Waals surface area contributed by atoms with Crippen LogP contribution in [0.1, 0.15) is 31.0 Å². The first-order valence-electron chi connectivity index (χ1n) is 8.62. The number of phenolic OH excluding ortho intramolecular Hbond substituents is 1. The van der Waals surface area contributed by atoms with Crippen LogP contribution in [0.15, 0.2) is 47.5 Å². The Kier molecular flexibility index (Phi) is 7.14. The molecule has 0 saturated carbocycles. The third-order valence-corrected chi connectivity index (χ3v) is 3.93. The number of hydrogen-bond donors (Lipinski definition) is 3. The molecule has 3 N–H and O–H groups in total. The number of nitrogens with zero attached hydrogens (tertiary/aromatic N) is 1. The number of benzene rings is 2. The highest BCUT2D eigenvalue weighted by Crippen LogP contribution is 2.29. The molecule has 2 rings (SSSR count). The number of methoxy groups -OCH3 is 2. The normalized spacial score (nSPS) is 12.4. The zero-order valence-corrected chi connectivity index (χ0v) is 15.7. The maximum Gasteiger partial charge on any atom is 0.192 e. The van der Waals surface area contributed by atoms with E-state index in [1.54, 1.807) is 26.4 Å². The summed E-state index contributed by atoms with van der Waals surface area (Å²) in [6.07, 6.45) is 0. The van der Waals surface area contributed by atoms with E-state index in [0.717, 1.165) is 29.2 Å². The number of aromatic hydroxyl groups is 1. The van der Waals surface area contributed by atoms with Gasteiger partial charge in [-0.3, -0.25) is 0 Å². The van der Waals surface area contributed by atoms with Gasteiger partial charge in [-0.1, -0.05) is 12.1 Å². The lowest BCUT2D eigenvalue weighted by Gasteiger charge is -2.20. The molecule has 0 heterocycles. The van der Waals surface area contributed by atoms with Gasteiger partial charge >= 0.3 is 0 Å². The molecule has 6 nitrogen and oxygen atoms in total. The molecule has 0 radical (unpaired) electrons. The minimum Gasteiger partial charge on any atom is -0.508 e. The molecule has 0 aliphatic heterocycles. The number of guanidine groups is 1. The minimum absolute atomic E-state index is 0.0398. The van der Waals surface area contributed by atoms with Crippen LogP contribution in [0.5, 0.6) is 17.2 Å². The topological polar surface area (TPSA) is 75.1 Å². The van der Waals surface area contributed by atoms with Crippen LogP contribution in [-0.2, 0) is 6.54 Å². The quantitative estimate of drug-likeness (QED) is 0.524. The standard InChI is InChI=1S/C20H27N3O3/c1-5-21-20(22-13-15-7-6-8-16(24)11-15)23-14(2)18-12-17(25-3)9-10-19(18)26-4/h6-12,14,24H,5,13H2,1-4H3,(H2,21,22,23). The highest BCUT2D eigenvalue weighted by atomic mass is 16.5. The Bertz CT molecular complexity index is 747. The highest BCUT2D eigenvalue weighted by molar-refractivity contribution is 5.80. The molecule has 0 spiro atoms. The van der Waals surface area contributed by atoms with Gasteiger partial charge in [0.1, 0.15) is 17.2 Å². The second kappa shape index (κ2) is 9.56. The van der Waals surface area contributed by atoms with E-state index in [9.17, 15) is 5.11 Å². The Morgan fingerprint density at radius 3 is 2.62 bits per heavy atom. The van der Waals surface area contributed by atoms with Gasteiger partial charge in [-0.2, -0.15) is 0 Å². The average Bonchev–Trinajstić information content (AvgIpc) is 2.65. The van der Waals surface area contributed by atoms with Crippen molar-refractivity contribution in [2.45, 2.75) is 26.4 Å². The van der Waals surface area contributed by atoms with Crippen LogP contribution in [0.3, 0.4) is 0 Å². The summed E-state index contributed by atoms with van der Waals surface area (Å²) >= 11 is 0. The van der Waals surface area contributed by atoms with Gasteiger partial charge in [0.25, 0.3) is 0 Å². The number of phenols is 1. The van der Waals surface area contributed by atoms with Gasteiger partial charge in [0.2, 0.25) is 0 Å². The predicted octanol–water partition coefficient (Wildman–Crippen LogP) is 3.23. The van der Waals surface area contributed by atoms with Gasteiger partial charge in [-0.25, -0.2) is 4.99 Å². The van der Waals surface area contributed by atoms with E-state index < -0.39 is 0 Å². The lowest BCUT2D eigenvalue weighted by molar-refractivity contribution is 0.394. The number of hydrogen-bond acceptors (Lipinski definition) is 4. The van der Waals surface area contributed by atoms with Crippen molar-refractivity contribution in [1.82, 2.24) is 10.6 Å². The molecular formula is C20H27N3O3. The Hall–Kier alpha value is -2.89. The second-order valence-corrected chi connectivity index (χ2v) is 5.84. The molecule has 0 saturated heterocycles. The Morgan fingerprint density at radius 2 is 1.96 bits per heavy atom. The second-order valence-electron chi connectivity index (χ2n) is 5.84. The van der Waals surface area contributed by atoms with Crippen molar-refractivity contribution in [3.05, 3.63) is 53.6 Å². The molecule has 1 atom stereocenters. The fraction of sp³-hybridized carbons (Fsp3) is 0.350. The summed E-state index contributed by atoms with van der Waals surface area (Å²) < 4.78 is 10.8. The van der Waals surface area contributed by atoms with E-state index in [1.807, 2.05) is 44.2 Å². The van der Waals surface area contributed by atoms with Crippen molar-refractivity contribution in [1.29, 1.82) is 0 Å². The van der Waals surface area contributed by atoms with E-state index in [2.05, 4.69) is 15.6 Å². The van der Waals surface area contributed by atoms with Crippen LogP contribution in [0, 0.1) is 0 Å². The van der Waals surface area contributed by atoms with Gasteiger partial charge in [0, 0.05) is 12.1 Å². The molecule has 0 fully saturated rings. The minimum atomic E-state index is -0.0398. The van der Waals surface area contributed by atoms with E-state index in [4.69, 9.17) is 9.47 Å². The molecule has 6 heteroatoms. The zero-order valence-electron chi connectivity index (χ0n) is 15.7. The summed E-state index contributed by atoms with van der Waals surface area (Å²) in [5.41, 5.74) is 1.92. The summed E-state index contributed by atoms with van der Waals surface area (Å²) in [4.78, 5) is 4.60. The molecule has 0 aromatic heterocycles. The van der Waals surface area contributed by atoms with E-state index in [1.165, 1.54) is 0 Å². The Labute approximate surface area is 154 Å². The lowest BCUT2D eigenvalue weighted by atomic mass is 10.1. The maximum absolute atomic E-state index is 9.58. The zero-order chi connectivity index (χ0) is 18.9. The first-order chi connectivity index (χ1) is 12.6. The summed E-state index contributed by atoms with van der Waals surface area (Å²) in [5, 5.41) is 16.2. The van der Waals surface area contributed by atoms with Crippen molar-refractivity contribution < 1.29 is 14.6 Å². The first-order valence-corrected chi connectivity index (χ1v) is 8.62. The van der Waals surface area contributed by atoms with Crippen molar-refractivity contribution in [3.8, 4) is 17.2 Å². The number of rotatable bonds is 7. The third kappa shape index (κ3) is 5.31. The summed E-state index contributed by atoms with van der Waals surface area (Å²) in [7, 11) is 3.30. The van der Waals surface area contributed by atoms with Crippen LogP contribution in [0.4, 0.5) is 0 Å². The Balaban J connectivity index is 2.17. The van der Waals surface area contributed by atoms with Crippen molar-refractivity contribution >= 4 is 5.96 Å². The van der Waals surface area contributed by atoms with Crippen LogP contribution in [0.2, 0.25) is 0 Å². The van der Waals surface area contributed by atoms with Crippen LogP contribution in [0.25, 0.3) is 0 Å². The van der Waals surface area contributed by atoms with E-state index >= 15 is 0 Å². The molecule has 2 aromatic rings. The highest BCUT2D eigenvalue weighted by Gasteiger charge is 2.14. The van der Waals surface area contributed by atoms with Crippen LogP contribution >= 0.6 is 0 Å². The van der Waals surface area contributed by atoms with E-state index in [0.29, 0.717) is 12.5 Å². The van der Waals surface area contributed by atoms with Crippen LogP contribution < -0.4 is 20.1 Å². The van der Waals surface area contributed by atoms with Gasteiger partial charge in [0.15, 0.2) is 5.96 Å². The SMILES string of the molecule is CCNC(=NCc1cccc(O)c1)NC(C)c1cc(OC)ccc1OC. The Morgan fingerprint density at radius 1 is 1.15 bits per heavy atom. The molecule has 0 bridgehead atoms. The fourth-order valence-corrected chi connectivity index (χ4v) is 2.61. The van der Waals surface area contributed by atoms with Gasteiger partial charge < -0.3 is 25.2 Å². The molecule has 2 aromatic carbocycles. The summed E-state index contributed by atoms with van der Waals surface area (Å²) in [5.74, 6) is 2.49. The largest absolute Gasteiger partial charge is 0.508 e. The van der Waals surface area contributed by atoms with Gasteiger partial charge in [-0.05, 0) is 49.7 Å². The molecule has 140 valence electrons. The summed E-state index contributed by atoms with van der Waals surface area (Å²) in [6.45, 7) is 5.26. The molecule has 0 aliphatic carbocycles. The maximum atomic E-state index is 9.58. The van der Waals surface area contributed by atoms with E-state index in [-0.39, 0.29) is 11.8 Å². The number of ether oxygens (including phenoxy) is 2. The molecule has 1 unspecified atom stereocenters. The smallest absolute Gasteiger partial charge is 0.192 e. The molecule has 26 heavy (non-hydrogen) atoms. The first kappa shape index (κ1) is 19.4. The monoisotopic (exact) mass is 357 g/mol. The lowest BCUT2D eigenvalue weighted by Crippen LogP contribution is -2.38. The number of aliphatic imine (C=N–C) groups is 1. The molecule has 0 aliphatic rings. The average molecular weight is 357 g/mol. The molecular weight excluding hydrogens is 330 g/mol. The number of nitrogens with one attached hydrogen (secondary N) is 2. The van der Waals surface area contributed by atoms with Crippen molar-refractivity contribution in [3.63, 3.8) is 0 Å². The predicted molar refractivity (Wildman–Crippen MR) is 104 cm³/mol. The summed E-state index contributed by atoms with van der Waals surface area (Å²) in [6, 6.07) is 12.8. The fourth-order valence-electron chi connectivity index (χ4n) is 2.61. The van der Waals surface area contributed by atoms with Gasteiger partial charge in [0.05, 0.1) is 26.8 Å². The van der Waals surface area contributed by atoms with Crippen molar-refractivity contribution in [2.75, 3.05) is 20.8 Å².